The predicted molar refractivity (Wildman–Crippen MR) is 72.4 cm³/mol. The monoisotopic (exact) mass is 249 g/mol. The van der Waals surface area contributed by atoms with E-state index in [1.54, 1.807) is 14.2 Å². The Morgan fingerprint density at radius 1 is 1.17 bits per heavy atom. The van der Waals surface area contributed by atoms with Crippen LogP contribution in [-0.4, -0.2) is 20.8 Å². The maximum Gasteiger partial charge on any atom is 0.105 e. The zero-order valence-corrected chi connectivity index (χ0v) is 11.3. The third-order valence-electron chi connectivity index (χ3n) is 3.96. The summed E-state index contributed by atoms with van der Waals surface area (Å²) in [6.45, 7) is 0.573. The van der Waals surface area contributed by atoms with Crippen LogP contribution in [0.4, 0.5) is 0 Å². The van der Waals surface area contributed by atoms with Crippen LogP contribution >= 0.6 is 0 Å². The zero-order chi connectivity index (χ0) is 13.0. The van der Waals surface area contributed by atoms with Gasteiger partial charge in [0.25, 0.3) is 0 Å². The van der Waals surface area contributed by atoms with Crippen molar-refractivity contribution in [3.8, 4) is 0 Å². The molecule has 100 valence electrons. The van der Waals surface area contributed by atoms with Crippen molar-refractivity contribution in [3.63, 3.8) is 0 Å². The first-order valence-electron chi connectivity index (χ1n) is 6.60. The van der Waals surface area contributed by atoms with Gasteiger partial charge in [0.15, 0.2) is 0 Å². The first kappa shape index (κ1) is 13.5. The van der Waals surface area contributed by atoms with Gasteiger partial charge >= 0.3 is 0 Å². The third-order valence-corrected chi connectivity index (χ3v) is 3.96. The predicted octanol–water partition coefficient (Wildman–Crippen LogP) is 2.75. The van der Waals surface area contributed by atoms with Crippen molar-refractivity contribution in [2.24, 2.45) is 5.73 Å². The fraction of sp³-hybridized carbons (Fsp3) is 0.600. The summed E-state index contributed by atoms with van der Waals surface area (Å²) in [5.41, 5.74) is 8.72. The lowest BCUT2D eigenvalue weighted by atomic mass is 9.88. The highest BCUT2D eigenvalue weighted by molar-refractivity contribution is 5.30. The van der Waals surface area contributed by atoms with E-state index in [0.29, 0.717) is 6.61 Å². The Kier molecular flexibility index (Phi) is 4.38. The quantitative estimate of drug-likeness (QED) is 0.872. The third kappa shape index (κ3) is 2.74. The van der Waals surface area contributed by atoms with Gasteiger partial charge in [0.2, 0.25) is 0 Å². The smallest absolute Gasteiger partial charge is 0.105 e. The minimum absolute atomic E-state index is 0.00125. The molecule has 2 N–H and O–H groups in total. The molecule has 1 aliphatic carbocycles. The van der Waals surface area contributed by atoms with Crippen molar-refractivity contribution < 1.29 is 9.47 Å². The Hall–Kier alpha value is -0.900. The largest absolute Gasteiger partial charge is 0.382 e. The molecule has 1 aliphatic rings. The summed E-state index contributed by atoms with van der Waals surface area (Å²) < 4.78 is 10.6. The van der Waals surface area contributed by atoms with Gasteiger partial charge in [-0.2, -0.15) is 0 Å². The molecule has 3 heteroatoms. The summed E-state index contributed by atoms with van der Waals surface area (Å²) in [4.78, 5) is 0. The SMILES string of the molecule is COCC(OC)c1ccc(C2(N)CCCC2)cc1. The van der Waals surface area contributed by atoms with Crippen LogP contribution in [0, 0.1) is 0 Å². The molecule has 2 rings (SSSR count). The van der Waals surface area contributed by atoms with E-state index in [0.717, 1.165) is 18.4 Å². The highest BCUT2D eigenvalue weighted by Gasteiger charge is 2.31. The number of ether oxygens (including phenoxy) is 2. The van der Waals surface area contributed by atoms with Crippen LogP contribution in [0.3, 0.4) is 0 Å². The van der Waals surface area contributed by atoms with Gasteiger partial charge in [0.05, 0.1) is 6.61 Å². The average molecular weight is 249 g/mol. The van der Waals surface area contributed by atoms with Gasteiger partial charge in [-0.05, 0) is 24.0 Å². The number of hydrogen-bond acceptors (Lipinski definition) is 3. The Labute approximate surface area is 109 Å². The van der Waals surface area contributed by atoms with Crippen LogP contribution in [0.2, 0.25) is 0 Å². The van der Waals surface area contributed by atoms with E-state index in [4.69, 9.17) is 15.2 Å². The summed E-state index contributed by atoms with van der Waals surface area (Å²) in [7, 11) is 3.40. The number of rotatable bonds is 5. The van der Waals surface area contributed by atoms with Crippen molar-refractivity contribution >= 4 is 0 Å². The summed E-state index contributed by atoms with van der Waals surface area (Å²) in [6.07, 6.45) is 4.67. The van der Waals surface area contributed by atoms with E-state index >= 15 is 0 Å². The first-order valence-corrected chi connectivity index (χ1v) is 6.60. The fourth-order valence-corrected chi connectivity index (χ4v) is 2.78. The van der Waals surface area contributed by atoms with Crippen molar-refractivity contribution in [2.75, 3.05) is 20.8 Å². The van der Waals surface area contributed by atoms with E-state index in [9.17, 15) is 0 Å². The molecule has 0 aromatic heterocycles. The molecule has 0 spiro atoms. The molecule has 0 bridgehead atoms. The second kappa shape index (κ2) is 5.83. The molecule has 1 unspecified atom stereocenters. The van der Waals surface area contributed by atoms with Gasteiger partial charge in [0, 0.05) is 19.8 Å². The maximum atomic E-state index is 6.44. The molecule has 0 heterocycles. The van der Waals surface area contributed by atoms with E-state index in [-0.39, 0.29) is 11.6 Å². The van der Waals surface area contributed by atoms with Gasteiger partial charge in [-0.25, -0.2) is 0 Å². The Balaban J connectivity index is 2.14. The van der Waals surface area contributed by atoms with Crippen LogP contribution < -0.4 is 5.73 Å². The molecule has 0 amide bonds. The summed E-state index contributed by atoms with van der Waals surface area (Å²) in [6, 6.07) is 8.50. The Bertz CT molecular complexity index is 369. The summed E-state index contributed by atoms with van der Waals surface area (Å²) in [5.74, 6) is 0. The maximum absolute atomic E-state index is 6.44. The van der Waals surface area contributed by atoms with Crippen LogP contribution in [0.1, 0.15) is 42.9 Å². The second-order valence-electron chi connectivity index (χ2n) is 5.16. The van der Waals surface area contributed by atoms with E-state index in [1.165, 1.54) is 18.4 Å². The van der Waals surface area contributed by atoms with Crippen molar-refractivity contribution in [1.82, 2.24) is 0 Å². The molecule has 1 fully saturated rings. The molecule has 0 aliphatic heterocycles. The topological polar surface area (TPSA) is 44.5 Å². The minimum Gasteiger partial charge on any atom is -0.382 e. The van der Waals surface area contributed by atoms with Crippen LogP contribution in [0.25, 0.3) is 0 Å². The fourth-order valence-electron chi connectivity index (χ4n) is 2.78. The van der Waals surface area contributed by atoms with Gasteiger partial charge in [0.1, 0.15) is 6.10 Å². The molecule has 0 saturated heterocycles. The van der Waals surface area contributed by atoms with Crippen molar-refractivity contribution in [2.45, 2.75) is 37.3 Å². The molecular formula is C15H23NO2. The minimum atomic E-state index is -0.109. The number of hydrogen-bond donors (Lipinski definition) is 1. The molecular weight excluding hydrogens is 226 g/mol. The molecule has 1 aromatic rings. The summed E-state index contributed by atoms with van der Waals surface area (Å²) in [5, 5.41) is 0. The average Bonchev–Trinajstić information content (AvgIpc) is 2.84. The van der Waals surface area contributed by atoms with Gasteiger partial charge < -0.3 is 15.2 Å². The van der Waals surface area contributed by atoms with Crippen LogP contribution in [0.15, 0.2) is 24.3 Å². The van der Waals surface area contributed by atoms with E-state index in [2.05, 4.69) is 24.3 Å². The lowest BCUT2D eigenvalue weighted by molar-refractivity contribution is 0.0274. The van der Waals surface area contributed by atoms with Gasteiger partial charge in [-0.1, -0.05) is 37.1 Å². The van der Waals surface area contributed by atoms with E-state index < -0.39 is 0 Å². The number of methoxy groups -OCH3 is 2. The molecule has 0 radical (unpaired) electrons. The lowest BCUT2D eigenvalue weighted by Gasteiger charge is -2.25. The first-order chi connectivity index (χ1) is 8.69. The Morgan fingerprint density at radius 3 is 2.28 bits per heavy atom. The second-order valence-corrected chi connectivity index (χ2v) is 5.16. The number of nitrogens with two attached hydrogens (primary N) is 1. The van der Waals surface area contributed by atoms with Crippen LogP contribution in [-0.2, 0) is 15.0 Å². The highest BCUT2D eigenvalue weighted by Crippen LogP contribution is 2.36. The normalized spacial score (nSPS) is 19.9. The molecule has 1 saturated carbocycles. The lowest BCUT2D eigenvalue weighted by Crippen LogP contribution is -2.33. The Morgan fingerprint density at radius 2 is 1.78 bits per heavy atom. The standard InChI is InChI=1S/C15H23NO2/c1-17-11-14(18-2)12-5-7-13(8-6-12)15(16)9-3-4-10-15/h5-8,14H,3-4,9-11,16H2,1-2H3. The van der Waals surface area contributed by atoms with E-state index in [1.807, 2.05) is 0 Å². The molecule has 3 nitrogen and oxygen atoms in total. The van der Waals surface area contributed by atoms with Crippen molar-refractivity contribution in [3.05, 3.63) is 35.4 Å². The molecule has 1 aromatic carbocycles. The number of benzene rings is 1. The summed E-state index contributed by atoms with van der Waals surface area (Å²) >= 11 is 0. The van der Waals surface area contributed by atoms with Gasteiger partial charge in [-0.3, -0.25) is 0 Å². The van der Waals surface area contributed by atoms with Crippen molar-refractivity contribution in [1.29, 1.82) is 0 Å². The van der Waals surface area contributed by atoms with Gasteiger partial charge in [-0.15, -0.1) is 0 Å². The molecule has 18 heavy (non-hydrogen) atoms. The van der Waals surface area contributed by atoms with Crippen LogP contribution in [0.5, 0.6) is 0 Å². The molecule has 1 atom stereocenters. The highest BCUT2D eigenvalue weighted by atomic mass is 16.5. The zero-order valence-electron chi connectivity index (χ0n) is 11.3.